The number of hydrogen-bond donors (Lipinski definition) is 2. The molecular formula is C20H29ClN2O4. The van der Waals surface area contributed by atoms with Gasteiger partial charge < -0.3 is 20.1 Å². The van der Waals surface area contributed by atoms with E-state index in [1.807, 2.05) is 6.92 Å². The predicted molar refractivity (Wildman–Crippen MR) is 105 cm³/mol. The van der Waals surface area contributed by atoms with Gasteiger partial charge in [-0.3, -0.25) is 9.59 Å². The molecule has 1 aliphatic carbocycles. The highest BCUT2D eigenvalue weighted by Gasteiger charge is 2.23. The number of nitrogens with one attached hydrogen (secondary N) is 2. The first-order valence-electron chi connectivity index (χ1n) is 9.59. The second-order valence-electron chi connectivity index (χ2n) is 6.79. The Balaban J connectivity index is 1.64. The molecule has 27 heavy (non-hydrogen) atoms. The van der Waals surface area contributed by atoms with Crippen LogP contribution in [0.25, 0.3) is 0 Å². The van der Waals surface area contributed by atoms with E-state index in [4.69, 9.17) is 21.1 Å². The van der Waals surface area contributed by atoms with Crippen molar-refractivity contribution in [2.75, 3.05) is 26.4 Å². The molecule has 1 aromatic carbocycles. The molecule has 1 aromatic rings. The smallest absolute Gasteiger partial charge is 0.257 e. The van der Waals surface area contributed by atoms with E-state index in [1.165, 1.54) is 0 Å². The number of carbonyl (C=O) groups is 2. The van der Waals surface area contributed by atoms with Crippen molar-refractivity contribution in [3.05, 3.63) is 29.3 Å². The standard InChI is InChI=1S/C20H29ClN2O4/c1-2-26-10-9-19(24)23-17-7-3-5-15(11-17)13-22-20(25)14-27-18-8-4-6-16(21)12-18/h4,6,8,12,15,17H,2-3,5,7,9-11,13-14H2,1H3,(H,22,25)(H,23,24). The van der Waals surface area contributed by atoms with Gasteiger partial charge in [0, 0.05) is 30.6 Å². The van der Waals surface area contributed by atoms with Gasteiger partial charge in [0.25, 0.3) is 5.91 Å². The van der Waals surface area contributed by atoms with Crippen molar-refractivity contribution in [1.82, 2.24) is 10.6 Å². The summed E-state index contributed by atoms with van der Waals surface area (Å²) >= 11 is 5.89. The number of benzene rings is 1. The lowest BCUT2D eigenvalue weighted by molar-refractivity contribution is -0.124. The molecule has 2 atom stereocenters. The first kappa shape index (κ1) is 21.5. The molecule has 1 aliphatic rings. The van der Waals surface area contributed by atoms with Gasteiger partial charge >= 0.3 is 0 Å². The van der Waals surface area contributed by atoms with Crippen LogP contribution < -0.4 is 15.4 Å². The van der Waals surface area contributed by atoms with E-state index in [9.17, 15) is 9.59 Å². The fourth-order valence-electron chi connectivity index (χ4n) is 3.23. The maximum atomic E-state index is 12.0. The number of ether oxygens (including phenoxy) is 2. The van der Waals surface area contributed by atoms with E-state index in [1.54, 1.807) is 24.3 Å². The lowest BCUT2D eigenvalue weighted by Crippen LogP contribution is -2.42. The Hall–Kier alpha value is -1.79. The van der Waals surface area contributed by atoms with Gasteiger partial charge in [-0.15, -0.1) is 0 Å². The number of halogens is 1. The minimum Gasteiger partial charge on any atom is -0.484 e. The molecule has 0 radical (unpaired) electrons. The number of rotatable bonds is 10. The van der Waals surface area contributed by atoms with E-state index < -0.39 is 0 Å². The van der Waals surface area contributed by atoms with Crippen LogP contribution >= 0.6 is 11.6 Å². The molecule has 2 N–H and O–H groups in total. The van der Waals surface area contributed by atoms with E-state index in [0.29, 0.717) is 42.9 Å². The summed E-state index contributed by atoms with van der Waals surface area (Å²) in [5.41, 5.74) is 0. The maximum Gasteiger partial charge on any atom is 0.257 e. The van der Waals surface area contributed by atoms with Crippen LogP contribution in [0.4, 0.5) is 0 Å². The Morgan fingerprint density at radius 2 is 2.11 bits per heavy atom. The third kappa shape index (κ3) is 8.63. The lowest BCUT2D eigenvalue weighted by atomic mass is 9.85. The van der Waals surface area contributed by atoms with Crippen LogP contribution in [0.1, 0.15) is 39.0 Å². The zero-order valence-electron chi connectivity index (χ0n) is 15.8. The summed E-state index contributed by atoms with van der Waals surface area (Å²) in [6.07, 6.45) is 4.38. The Labute approximate surface area is 165 Å². The van der Waals surface area contributed by atoms with Gasteiger partial charge in [0.2, 0.25) is 5.91 Å². The molecule has 0 aromatic heterocycles. The molecular weight excluding hydrogens is 368 g/mol. The van der Waals surface area contributed by atoms with Crippen LogP contribution in [0, 0.1) is 5.92 Å². The van der Waals surface area contributed by atoms with Gasteiger partial charge in [-0.25, -0.2) is 0 Å². The molecule has 0 saturated heterocycles. The Morgan fingerprint density at radius 1 is 1.26 bits per heavy atom. The van der Waals surface area contributed by atoms with E-state index in [-0.39, 0.29) is 24.5 Å². The Kier molecular flexibility index (Phi) is 9.42. The fourth-order valence-corrected chi connectivity index (χ4v) is 3.41. The van der Waals surface area contributed by atoms with Crippen LogP contribution in [-0.4, -0.2) is 44.2 Å². The molecule has 2 unspecified atom stereocenters. The molecule has 1 saturated carbocycles. The summed E-state index contributed by atoms with van der Waals surface area (Å²) in [6, 6.07) is 7.15. The molecule has 2 rings (SSSR count). The Bertz CT molecular complexity index is 611. The topological polar surface area (TPSA) is 76.7 Å². The van der Waals surface area contributed by atoms with E-state index in [2.05, 4.69) is 10.6 Å². The van der Waals surface area contributed by atoms with Crippen molar-refractivity contribution >= 4 is 23.4 Å². The van der Waals surface area contributed by atoms with E-state index >= 15 is 0 Å². The highest BCUT2D eigenvalue weighted by atomic mass is 35.5. The van der Waals surface area contributed by atoms with Gasteiger partial charge in [-0.1, -0.05) is 24.1 Å². The van der Waals surface area contributed by atoms with Crippen molar-refractivity contribution in [1.29, 1.82) is 0 Å². The van der Waals surface area contributed by atoms with E-state index in [0.717, 1.165) is 25.7 Å². The quantitative estimate of drug-likeness (QED) is 0.596. The van der Waals surface area contributed by atoms with Crippen LogP contribution in [-0.2, 0) is 14.3 Å². The number of hydrogen-bond acceptors (Lipinski definition) is 4. The molecule has 150 valence electrons. The second-order valence-corrected chi connectivity index (χ2v) is 7.23. The van der Waals surface area contributed by atoms with Gasteiger partial charge in [-0.2, -0.15) is 0 Å². The summed E-state index contributed by atoms with van der Waals surface area (Å²) in [5, 5.41) is 6.58. The molecule has 0 spiro atoms. The third-order valence-corrected chi connectivity index (χ3v) is 4.81. The van der Waals surface area contributed by atoms with Crippen LogP contribution in [0.5, 0.6) is 5.75 Å². The Morgan fingerprint density at radius 3 is 2.89 bits per heavy atom. The van der Waals surface area contributed by atoms with Crippen molar-refractivity contribution < 1.29 is 19.1 Å². The lowest BCUT2D eigenvalue weighted by Gasteiger charge is -2.30. The summed E-state index contributed by atoms with van der Waals surface area (Å²) in [4.78, 5) is 23.9. The first-order valence-corrected chi connectivity index (χ1v) is 9.96. The average molecular weight is 397 g/mol. The second kappa shape index (κ2) is 11.8. The zero-order chi connectivity index (χ0) is 19.5. The number of carbonyl (C=O) groups excluding carboxylic acids is 2. The van der Waals surface area contributed by atoms with Crippen molar-refractivity contribution in [3.8, 4) is 5.75 Å². The summed E-state index contributed by atoms with van der Waals surface area (Å²) in [6.45, 7) is 3.56. The van der Waals surface area contributed by atoms with Crippen LogP contribution in [0.15, 0.2) is 24.3 Å². The normalized spacial score (nSPS) is 19.3. The highest BCUT2D eigenvalue weighted by Crippen LogP contribution is 2.24. The molecule has 6 nitrogen and oxygen atoms in total. The fraction of sp³-hybridized carbons (Fsp3) is 0.600. The van der Waals surface area contributed by atoms with Gasteiger partial charge in [0.1, 0.15) is 5.75 Å². The molecule has 1 fully saturated rings. The SMILES string of the molecule is CCOCCC(=O)NC1CCCC(CNC(=O)COc2cccc(Cl)c2)C1. The molecule has 0 aliphatic heterocycles. The monoisotopic (exact) mass is 396 g/mol. The first-order chi connectivity index (χ1) is 13.1. The molecule has 0 heterocycles. The van der Waals surface area contributed by atoms with Crippen molar-refractivity contribution in [2.24, 2.45) is 5.92 Å². The molecule has 2 amide bonds. The molecule has 7 heteroatoms. The summed E-state index contributed by atoms with van der Waals surface area (Å²) in [5.74, 6) is 0.821. The summed E-state index contributed by atoms with van der Waals surface area (Å²) in [7, 11) is 0. The average Bonchev–Trinajstić information content (AvgIpc) is 2.65. The van der Waals surface area contributed by atoms with Gasteiger partial charge in [0.05, 0.1) is 6.61 Å². The molecule has 0 bridgehead atoms. The largest absolute Gasteiger partial charge is 0.484 e. The zero-order valence-corrected chi connectivity index (χ0v) is 16.6. The minimum absolute atomic E-state index is 0.0352. The van der Waals surface area contributed by atoms with Crippen LogP contribution in [0.3, 0.4) is 0 Å². The minimum atomic E-state index is -0.155. The maximum absolute atomic E-state index is 12.0. The predicted octanol–water partition coefficient (Wildman–Crippen LogP) is 2.94. The van der Waals surface area contributed by atoms with Gasteiger partial charge in [0.15, 0.2) is 6.61 Å². The third-order valence-electron chi connectivity index (χ3n) is 4.58. The van der Waals surface area contributed by atoms with Gasteiger partial charge in [-0.05, 0) is 50.3 Å². The highest BCUT2D eigenvalue weighted by molar-refractivity contribution is 6.30. The van der Waals surface area contributed by atoms with Crippen LogP contribution in [0.2, 0.25) is 5.02 Å². The van der Waals surface area contributed by atoms with Crippen molar-refractivity contribution in [3.63, 3.8) is 0 Å². The van der Waals surface area contributed by atoms with Crippen molar-refractivity contribution in [2.45, 2.75) is 45.1 Å². The summed E-state index contributed by atoms with van der Waals surface area (Å²) < 4.78 is 10.7. The number of amides is 2.